The summed E-state index contributed by atoms with van der Waals surface area (Å²) in [5.41, 5.74) is 5.97. The highest BCUT2D eigenvalue weighted by atomic mass is 32.1. The molecule has 0 aliphatic heterocycles. The van der Waals surface area contributed by atoms with Crippen LogP contribution < -0.4 is 21.7 Å². The Morgan fingerprint density at radius 1 is 0.879 bits per heavy atom. The van der Waals surface area contributed by atoms with Gasteiger partial charge in [0.25, 0.3) is 0 Å². The largest absolute Gasteiger partial charge is 0.508 e. The van der Waals surface area contributed by atoms with Gasteiger partial charge in [-0.1, -0.05) is 12.1 Å². The van der Waals surface area contributed by atoms with E-state index in [0.29, 0.717) is 5.56 Å². The molecule has 1 rings (SSSR count). The molecular formula is C19H26N4O9S. The number of carboxylic acids is 2. The molecule has 0 saturated carbocycles. The van der Waals surface area contributed by atoms with Gasteiger partial charge in [-0.2, -0.15) is 12.6 Å². The Labute approximate surface area is 193 Å². The molecule has 0 bridgehead atoms. The Hall–Kier alpha value is -3.36. The second kappa shape index (κ2) is 13.2. The number of carbonyl (C=O) groups excluding carboxylic acids is 3. The van der Waals surface area contributed by atoms with Crippen LogP contribution in [0.25, 0.3) is 0 Å². The Kier molecular flexibility index (Phi) is 11.1. The highest BCUT2D eigenvalue weighted by molar-refractivity contribution is 7.80. The van der Waals surface area contributed by atoms with E-state index in [9.17, 15) is 29.1 Å². The number of benzene rings is 1. The van der Waals surface area contributed by atoms with Gasteiger partial charge in [-0.25, -0.2) is 4.79 Å². The number of aliphatic hydroxyl groups excluding tert-OH is 1. The fourth-order valence-electron chi connectivity index (χ4n) is 2.56. The van der Waals surface area contributed by atoms with Crippen LogP contribution in [-0.4, -0.2) is 86.6 Å². The van der Waals surface area contributed by atoms with Gasteiger partial charge in [-0.05, 0) is 17.7 Å². The molecule has 1 aromatic rings. The number of aliphatic hydroxyl groups is 1. The zero-order valence-corrected chi connectivity index (χ0v) is 18.2. The number of hydrogen-bond donors (Lipinski definition) is 9. The van der Waals surface area contributed by atoms with Gasteiger partial charge in [0.05, 0.1) is 19.1 Å². The standard InChI is InChI=1S/C19H26N4O9S/c20-11(6-15(26)27)16(28)23-14(8-33)18(30)21-12(5-9-1-3-10(25)4-2-9)17(29)22-13(7-24)19(31)32/h1-4,11-14,24-25,33H,5-8,20H2,(H,21,30)(H,22,29)(H,23,28)(H,26,27)(H,31,32). The molecule has 9 N–H and O–H groups in total. The van der Waals surface area contributed by atoms with Gasteiger partial charge >= 0.3 is 11.9 Å². The lowest BCUT2D eigenvalue weighted by atomic mass is 10.0. The summed E-state index contributed by atoms with van der Waals surface area (Å²) in [4.78, 5) is 59.2. The van der Waals surface area contributed by atoms with E-state index in [2.05, 4.69) is 28.6 Å². The first kappa shape index (κ1) is 27.7. The molecule has 0 fully saturated rings. The van der Waals surface area contributed by atoms with E-state index < -0.39 is 66.9 Å². The van der Waals surface area contributed by atoms with E-state index in [4.69, 9.17) is 21.1 Å². The summed E-state index contributed by atoms with van der Waals surface area (Å²) in [6.45, 7) is -0.891. The molecule has 0 spiro atoms. The van der Waals surface area contributed by atoms with E-state index in [0.717, 1.165) is 0 Å². The number of phenolic OH excluding ortho intramolecular Hbond substituents is 1. The summed E-state index contributed by atoms with van der Waals surface area (Å²) in [6.07, 6.45) is -0.794. The number of hydrogen-bond acceptors (Lipinski definition) is 9. The van der Waals surface area contributed by atoms with Crippen molar-refractivity contribution in [2.75, 3.05) is 12.4 Å². The normalized spacial score (nSPS) is 14.3. The monoisotopic (exact) mass is 486 g/mol. The lowest BCUT2D eigenvalue weighted by Crippen LogP contribution is -2.58. The van der Waals surface area contributed by atoms with Crippen molar-refractivity contribution in [1.29, 1.82) is 0 Å². The van der Waals surface area contributed by atoms with Gasteiger partial charge < -0.3 is 42.1 Å². The van der Waals surface area contributed by atoms with Crippen molar-refractivity contribution in [2.24, 2.45) is 5.73 Å². The first-order valence-corrected chi connectivity index (χ1v) is 10.2. The van der Waals surface area contributed by atoms with Gasteiger partial charge in [0.15, 0.2) is 0 Å². The lowest BCUT2D eigenvalue weighted by molar-refractivity contribution is -0.143. The van der Waals surface area contributed by atoms with Crippen LogP contribution in [0.15, 0.2) is 24.3 Å². The van der Waals surface area contributed by atoms with Gasteiger partial charge in [0.2, 0.25) is 17.7 Å². The predicted octanol–water partition coefficient (Wildman–Crippen LogP) is -2.80. The van der Waals surface area contributed by atoms with Crippen LogP contribution in [0, 0.1) is 0 Å². The van der Waals surface area contributed by atoms with Crippen LogP contribution in [0.4, 0.5) is 0 Å². The quantitative estimate of drug-likeness (QED) is 0.130. The number of nitrogens with two attached hydrogens (primary N) is 1. The average Bonchev–Trinajstić information content (AvgIpc) is 2.75. The van der Waals surface area contributed by atoms with Gasteiger partial charge in [-0.3, -0.25) is 19.2 Å². The lowest BCUT2D eigenvalue weighted by Gasteiger charge is -2.24. The SMILES string of the molecule is NC(CC(=O)O)C(=O)NC(CS)C(=O)NC(Cc1ccc(O)cc1)C(=O)NC(CO)C(=O)O. The maximum atomic E-state index is 12.7. The number of rotatable bonds is 13. The summed E-state index contributed by atoms with van der Waals surface area (Å²) >= 11 is 3.98. The van der Waals surface area contributed by atoms with Crippen LogP contribution in [0.1, 0.15) is 12.0 Å². The summed E-state index contributed by atoms with van der Waals surface area (Å²) in [5, 5.41) is 43.0. The predicted molar refractivity (Wildman–Crippen MR) is 116 cm³/mol. The topological polar surface area (TPSA) is 228 Å². The van der Waals surface area contributed by atoms with Gasteiger partial charge in [0.1, 0.15) is 23.9 Å². The molecule has 0 saturated heterocycles. The highest BCUT2D eigenvalue weighted by Crippen LogP contribution is 2.12. The molecule has 182 valence electrons. The minimum atomic E-state index is -1.62. The smallest absolute Gasteiger partial charge is 0.328 e. The highest BCUT2D eigenvalue weighted by Gasteiger charge is 2.30. The first-order chi connectivity index (χ1) is 15.5. The zero-order chi connectivity index (χ0) is 25.1. The third-order valence-electron chi connectivity index (χ3n) is 4.35. The van der Waals surface area contributed by atoms with Crippen molar-refractivity contribution < 1.29 is 44.4 Å². The second-order valence-electron chi connectivity index (χ2n) is 6.96. The molecular weight excluding hydrogens is 460 g/mol. The van der Waals surface area contributed by atoms with E-state index in [1.54, 1.807) is 0 Å². The molecule has 14 heteroatoms. The van der Waals surface area contributed by atoms with E-state index in [-0.39, 0.29) is 17.9 Å². The average molecular weight is 487 g/mol. The Morgan fingerprint density at radius 3 is 1.88 bits per heavy atom. The molecule has 0 aliphatic rings. The number of amides is 3. The number of nitrogens with one attached hydrogen (secondary N) is 3. The third-order valence-corrected chi connectivity index (χ3v) is 4.72. The molecule has 4 unspecified atom stereocenters. The molecule has 0 heterocycles. The fraction of sp³-hybridized carbons (Fsp3) is 0.421. The molecule has 3 amide bonds. The van der Waals surface area contributed by atoms with Crippen LogP contribution in [-0.2, 0) is 30.4 Å². The summed E-state index contributed by atoms with van der Waals surface area (Å²) < 4.78 is 0. The Bertz CT molecular complexity index is 865. The minimum absolute atomic E-state index is 0.0365. The molecule has 0 radical (unpaired) electrons. The van der Waals surface area contributed by atoms with Gasteiger partial charge in [-0.15, -0.1) is 0 Å². The Morgan fingerprint density at radius 2 is 1.39 bits per heavy atom. The molecule has 0 aliphatic carbocycles. The molecule has 4 atom stereocenters. The van der Waals surface area contributed by atoms with Crippen molar-refractivity contribution in [3.8, 4) is 5.75 Å². The maximum absolute atomic E-state index is 12.7. The molecule has 13 nitrogen and oxygen atoms in total. The molecule has 0 aromatic heterocycles. The van der Waals surface area contributed by atoms with E-state index in [1.807, 2.05) is 0 Å². The van der Waals surface area contributed by atoms with Crippen LogP contribution >= 0.6 is 12.6 Å². The van der Waals surface area contributed by atoms with Crippen molar-refractivity contribution in [3.05, 3.63) is 29.8 Å². The fourth-order valence-corrected chi connectivity index (χ4v) is 2.82. The number of carboxylic acid groups (broad SMARTS) is 2. The number of carbonyl (C=O) groups is 5. The molecule has 1 aromatic carbocycles. The number of thiol groups is 1. The Balaban J connectivity index is 3.00. The maximum Gasteiger partial charge on any atom is 0.328 e. The van der Waals surface area contributed by atoms with Crippen LogP contribution in [0.5, 0.6) is 5.75 Å². The number of aromatic hydroxyl groups is 1. The van der Waals surface area contributed by atoms with Gasteiger partial charge in [0, 0.05) is 12.2 Å². The van der Waals surface area contributed by atoms with Crippen molar-refractivity contribution in [3.63, 3.8) is 0 Å². The summed E-state index contributed by atoms with van der Waals surface area (Å²) in [7, 11) is 0. The van der Waals surface area contributed by atoms with Crippen molar-refractivity contribution in [1.82, 2.24) is 16.0 Å². The number of aliphatic carboxylic acids is 2. The van der Waals surface area contributed by atoms with Crippen molar-refractivity contribution in [2.45, 2.75) is 37.0 Å². The minimum Gasteiger partial charge on any atom is -0.508 e. The van der Waals surface area contributed by atoms with Crippen molar-refractivity contribution >= 4 is 42.3 Å². The third kappa shape index (κ3) is 9.34. The zero-order valence-electron chi connectivity index (χ0n) is 17.3. The summed E-state index contributed by atoms with van der Waals surface area (Å²) in [5.74, 6) is -5.77. The van der Waals surface area contributed by atoms with E-state index >= 15 is 0 Å². The summed E-state index contributed by atoms with van der Waals surface area (Å²) in [6, 6.07) is -0.00977. The van der Waals surface area contributed by atoms with E-state index in [1.165, 1.54) is 24.3 Å². The second-order valence-corrected chi connectivity index (χ2v) is 7.33. The first-order valence-electron chi connectivity index (χ1n) is 9.59. The van der Waals surface area contributed by atoms with Crippen LogP contribution in [0.2, 0.25) is 0 Å². The van der Waals surface area contributed by atoms with Crippen LogP contribution in [0.3, 0.4) is 0 Å². The number of phenols is 1. The molecule has 33 heavy (non-hydrogen) atoms.